The van der Waals surface area contributed by atoms with Crippen molar-refractivity contribution in [2.75, 3.05) is 19.4 Å². The van der Waals surface area contributed by atoms with Gasteiger partial charge in [0, 0.05) is 6.54 Å². The topological polar surface area (TPSA) is 55.4 Å². The van der Waals surface area contributed by atoms with Gasteiger partial charge < -0.3 is 4.74 Å². The summed E-state index contributed by atoms with van der Waals surface area (Å²) >= 11 is 0. The lowest BCUT2D eigenvalue weighted by molar-refractivity contribution is 0.414. The fourth-order valence-electron chi connectivity index (χ4n) is 2.61. The lowest BCUT2D eigenvalue weighted by Crippen LogP contribution is -2.31. The highest BCUT2D eigenvalue weighted by Crippen LogP contribution is 2.23. The third-order valence-corrected chi connectivity index (χ3v) is 5.21. The van der Waals surface area contributed by atoms with Gasteiger partial charge in [-0.2, -0.15) is 0 Å². The maximum atomic E-state index is 12.0. The Bertz CT molecular complexity index is 522. The summed E-state index contributed by atoms with van der Waals surface area (Å²) in [6.07, 6.45) is 5.28. The lowest BCUT2D eigenvalue weighted by atomic mass is 10.1. The zero-order valence-corrected chi connectivity index (χ0v) is 12.8. The second kappa shape index (κ2) is 7.09. The highest BCUT2D eigenvalue weighted by Gasteiger charge is 2.18. The summed E-state index contributed by atoms with van der Waals surface area (Å²) in [7, 11) is -1.57. The van der Waals surface area contributed by atoms with Crippen LogP contribution in [0.4, 0.5) is 0 Å². The minimum absolute atomic E-state index is 0.132. The molecule has 0 radical (unpaired) electrons. The molecular formula is C15H23NO3S. The average molecular weight is 297 g/mol. The Morgan fingerprint density at radius 3 is 2.75 bits per heavy atom. The molecule has 1 aromatic carbocycles. The molecule has 4 nitrogen and oxygen atoms in total. The van der Waals surface area contributed by atoms with E-state index in [9.17, 15) is 8.42 Å². The van der Waals surface area contributed by atoms with Crippen LogP contribution in [0.15, 0.2) is 24.3 Å². The summed E-state index contributed by atoms with van der Waals surface area (Å²) in [6, 6.07) is 7.55. The monoisotopic (exact) mass is 297 g/mol. The zero-order chi connectivity index (χ0) is 14.4. The van der Waals surface area contributed by atoms with E-state index < -0.39 is 10.0 Å². The second-order valence-corrected chi connectivity index (χ2v) is 7.35. The quantitative estimate of drug-likeness (QED) is 0.840. The molecule has 112 valence electrons. The summed E-state index contributed by atoms with van der Waals surface area (Å²) in [5.74, 6) is 1.42. The fourth-order valence-corrected chi connectivity index (χ4v) is 3.75. The molecule has 2 rings (SSSR count). The van der Waals surface area contributed by atoms with Crippen molar-refractivity contribution in [3.05, 3.63) is 29.8 Å². The van der Waals surface area contributed by atoms with Gasteiger partial charge >= 0.3 is 0 Å². The van der Waals surface area contributed by atoms with Crippen molar-refractivity contribution in [2.45, 2.75) is 32.1 Å². The van der Waals surface area contributed by atoms with Gasteiger partial charge in [0.1, 0.15) is 5.75 Å². The molecule has 0 spiro atoms. The summed E-state index contributed by atoms with van der Waals surface area (Å²) in [4.78, 5) is 0. The minimum Gasteiger partial charge on any atom is -0.497 e. The van der Waals surface area contributed by atoms with Crippen LogP contribution in [0, 0.1) is 5.92 Å². The molecule has 1 aliphatic carbocycles. The van der Waals surface area contributed by atoms with Gasteiger partial charge in [-0.3, -0.25) is 0 Å². The molecule has 0 saturated heterocycles. The summed E-state index contributed by atoms with van der Waals surface area (Å²) in [5.41, 5.74) is 0.982. The molecule has 0 aromatic heterocycles. The van der Waals surface area contributed by atoms with Gasteiger partial charge in [-0.15, -0.1) is 0 Å². The largest absolute Gasteiger partial charge is 0.497 e. The van der Waals surface area contributed by atoms with Gasteiger partial charge in [0.15, 0.2) is 0 Å². The van der Waals surface area contributed by atoms with Crippen LogP contribution >= 0.6 is 0 Å². The van der Waals surface area contributed by atoms with E-state index in [1.165, 1.54) is 12.8 Å². The van der Waals surface area contributed by atoms with Gasteiger partial charge in [-0.05, 0) is 42.9 Å². The van der Waals surface area contributed by atoms with E-state index in [0.717, 1.165) is 24.2 Å². The molecule has 0 heterocycles. The number of sulfonamides is 1. The maximum Gasteiger partial charge on any atom is 0.211 e. The number of benzene rings is 1. The van der Waals surface area contributed by atoms with Crippen LogP contribution in [-0.2, 0) is 16.4 Å². The van der Waals surface area contributed by atoms with Crippen LogP contribution in [-0.4, -0.2) is 27.8 Å². The number of aryl methyl sites for hydroxylation is 1. The molecular weight excluding hydrogens is 274 g/mol. The highest BCUT2D eigenvalue weighted by atomic mass is 32.2. The number of ether oxygens (including phenoxy) is 1. The van der Waals surface area contributed by atoms with Crippen molar-refractivity contribution in [1.82, 2.24) is 4.72 Å². The van der Waals surface area contributed by atoms with Crippen LogP contribution < -0.4 is 9.46 Å². The van der Waals surface area contributed by atoms with Crippen molar-refractivity contribution >= 4 is 10.0 Å². The standard InChI is InChI=1S/C15H23NO3S/c1-19-15-8-4-7-13(11-15)9-10-20(17,18)16-12-14-5-2-3-6-14/h4,7-8,11,14,16H,2-3,5-6,9-10,12H2,1H3. The Balaban J connectivity index is 1.81. The minimum atomic E-state index is -3.18. The first kappa shape index (κ1) is 15.3. The van der Waals surface area contributed by atoms with E-state index in [0.29, 0.717) is 18.9 Å². The molecule has 0 atom stereocenters. The van der Waals surface area contributed by atoms with Gasteiger partial charge in [-0.1, -0.05) is 25.0 Å². The Kier molecular flexibility index (Phi) is 5.43. The van der Waals surface area contributed by atoms with Crippen LogP contribution in [0.25, 0.3) is 0 Å². The van der Waals surface area contributed by atoms with Crippen LogP contribution in [0.2, 0.25) is 0 Å². The highest BCUT2D eigenvalue weighted by molar-refractivity contribution is 7.89. The molecule has 1 aliphatic rings. The predicted molar refractivity (Wildman–Crippen MR) is 80.4 cm³/mol. The summed E-state index contributed by atoms with van der Waals surface area (Å²) < 4.78 is 31.8. The second-order valence-electron chi connectivity index (χ2n) is 5.42. The Morgan fingerprint density at radius 2 is 2.05 bits per heavy atom. The summed E-state index contributed by atoms with van der Waals surface area (Å²) in [5, 5.41) is 0. The van der Waals surface area contributed by atoms with Crippen LogP contribution in [0.1, 0.15) is 31.2 Å². The maximum absolute atomic E-state index is 12.0. The molecule has 0 amide bonds. The number of methoxy groups -OCH3 is 1. The number of nitrogens with one attached hydrogen (secondary N) is 1. The zero-order valence-electron chi connectivity index (χ0n) is 12.0. The smallest absolute Gasteiger partial charge is 0.211 e. The molecule has 1 N–H and O–H groups in total. The normalized spacial score (nSPS) is 16.4. The van der Waals surface area contributed by atoms with Gasteiger partial charge in [0.2, 0.25) is 10.0 Å². The van der Waals surface area contributed by atoms with Gasteiger partial charge in [0.05, 0.1) is 12.9 Å². The molecule has 0 aliphatic heterocycles. The first-order valence-electron chi connectivity index (χ1n) is 7.19. The van der Waals surface area contributed by atoms with E-state index in [-0.39, 0.29) is 5.75 Å². The van der Waals surface area contributed by atoms with E-state index in [2.05, 4.69) is 4.72 Å². The lowest BCUT2D eigenvalue weighted by Gasteiger charge is -2.11. The van der Waals surface area contributed by atoms with E-state index >= 15 is 0 Å². The number of rotatable bonds is 7. The van der Waals surface area contributed by atoms with Crippen molar-refractivity contribution < 1.29 is 13.2 Å². The number of hydrogen-bond donors (Lipinski definition) is 1. The van der Waals surface area contributed by atoms with Crippen molar-refractivity contribution in [3.63, 3.8) is 0 Å². The third-order valence-electron chi connectivity index (χ3n) is 3.86. The Labute approximate surface area is 121 Å². The first-order chi connectivity index (χ1) is 9.59. The third kappa shape index (κ3) is 4.80. The molecule has 0 unspecified atom stereocenters. The molecule has 0 bridgehead atoms. The van der Waals surface area contributed by atoms with E-state index in [1.807, 2.05) is 24.3 Å². The molecule has 1 fully saturated rings. The molecule has 1 saturated carbocycles. The van der Waals surface area contributed by atoms with Crippen LogP contribution in [0.5, 0.6) is 5.75 Å². The summed E-state index contributed by atoms with van der Waals surface area (Å²) in [6.45, 7) is 0.598. The van der Waals surface area contributed by atoms with Crippen LogP contribution in [0.3, 0.4) is 0 Å². The molecule has 5 heteroatoms. The molecule has 20 heavy (non-hydrogen) atoms. The Hall–Kier alpha value is -1.07. The van der Waals surface area contributed by atoms with Crippen molar-refractivity contribution in [1.29, 1.82) is 0 Å². The van der Waals surface area contributed by atoms with E-state index in [1.54, 1.807) is 7.11 Å². The van der Waals surface area contributed by atoms with Gasteiger partial charge in [0.25, 0.3) is 0 Å². The molecule has 1 aromatic rings. The van der Waals surface area contributed by atoms with Gasteiger partial charge in [-0.25, -0.2) is 13.1 Å². The number of hydrogen-bond acceptors (Lipinski definition) is 3. The van der Waals surface area contributed by atoms with Crippen molar-refractivity contribution in [2.24, 2.45) is 5.92 Å². The SMILES string of the molecule is COc1cccc(CCS(=O)(=O)NCC2CCCC2)c1. The van der Waals surface area contributed by atoms with E-state index in [4.69, 9.17) is 4.74 Å². The van der Waals surface area contributed by atoms with Crippen molar-refractivity contribution in [3.8, 4) is 5.75 Å². The fraction of sp³-hybridized carbons (Fsp3) is 0.600. The Morgan fingerprint density at radius 1 is 1.30 bits per heavy atom. The average Bonchev–Trinajstić information content (AvgIpc) is 2.97. The predicted octanol–water partition coefficient (Wildman–Crippen LogP) is 2.35. The first-order valence-corrected chi connectivity index (χ1v) is 8.84.